The van der Waals surface area contributed by atoms with Gasteiger partial charge >= 0.3 is 0 Å². The molecular formula is C23H28N6O3. The molecule has 0 spiro atoms. The molecule has 168 valence electrons. The van der Waals surface area contributed by atoms with Crippen LogP contribution in [0.1, 0.15) is 41.3 Å². The van der Waals surface area contributed by atoms with Gasteiger partial charge in [-0.3, -0.25) is 14.4 Å². The molecule has 9 heteroatoms. The van der Waals surface area contributed by atoms with Gasteiger partial charge in [-0.05, 0) is 57.7 Å². The molecule has 0 radical (unpaired) electrons. The van der Waals surface area contributed by atoms with Gasteiger partial charge in [0.05, 0.1) is 11.4 Å². The van der Waals surface area contributed by atoms with Crippen LogP contribution in [0.25, 0.3) is 0 Å². The average molecular weight is 437 g/mol. The molecule has 1 heterocycles. The van der Waals surface area contributed by atoms with Crippen molar-refractivity contribution in [3.05, 3.63) is 46.9 Å². The molecule has 0 aliphatic carbocycles. The summed E-state index contributed by atoms with van der Waals surface area (Å²) in [6.07, 6.45) is 0.571. The van der Waals surface area contributed by atoms with Crippen molar-refractivity contribution in [3.8, 4) is 11.8 Å². The number of primary amides is 1. The van der Waals surface area contributed by atoms with Crippen LogP contribution in [0.15, 0.2) is 24.3 Å². The second kappa shape index (κ2) is 10.9. The summed E-state index contributed by atoms with van der Waals surface area (Å²) in [6.45, 7) is 7.18. The van der Waals surface area contributed by atoms with Crippen LogP contribution in [-0.4, -0.2) is 52.2 Å². The van der Waals surface area contributed by atoms with Crippen molar-refractivity contribution in [3.63, 3.8) is 0 Å². The summed E-state index contributed by atoms with van der Waals surface area (Å²) >= 11 is 0. The number of carbonyl (C=O) groups is 3. The Hall–Kier alpha value is -3.93. The third-order valence-corrected chi connectivity index (χ3v) is 4.96. The number of nitrogens with two attached hydrogens (primary N) is 1. The molecule has 0 fully saturated rings. The molecule has 9 nitrogen and oxygen atoms in total. The Bertz CT molecular complexity index is 1090. The number of benzene rings is 1. The number of aryl methyl sites for hydroxylation is 2. The van der Waals surface area contributed by atoms with Crippen molar-refractivity contribution >= 4 is 29.2 Å². The number of carbonyl (C=O) groups excluding carboxylic acids is 3. The normalized spacial score (nSPS) is 11.0. The number of likely N-dealkylation sites (N-methyl/N-ethyl adjacent to an activating group) is 1. The smallest absolute Gasteiger partial charge is 0.298 e. The molecule has 3 amide bonds. The molecule has 4 N–H and O–H groups in total. The zero-order valence-corrected chi connectivity index (χ0v) is 18.9. The van der Waals surface area contributed by atoms with E-state index in [2.05, 4.69) is 32.4 Å². The third kappa shape index (κ3) is 6.28. The van der Waals surface area contributed by atoms with E-state index in [0.29, 0.717) is 35.9 Å². The second-order valence-corrected chi connectivity index (χ2v) is 7.29. The quantitative estimate of drug-likeness (QED) is 0.537. The first-order chi connectivity index (χ1) is 15.1. The first kappa shape index (κ1) is 24.3. The summed E-state index contributed by atoms with van der Waals surface area (Å²) in [5.41, 5.74) is 8.52. The Morgan fingerprint density at radius 2 is 1.88 bits per heavy atom. The highest BCUT2D eigenvalue weighted by atomic mass is 16.2. The number of hydrogen-bond acceptors (Lipinski definition) is 6. The van der Waals surface area contributed by atoms with Gasteiger partial charge < -0.3 is 21.3 Å². The number of nitrogens with zero attached hydrogens (tertiary/aromatic N) is 3. The van der Waals surface area contributed by atoms with E-state index in [4.69, 9.17) is 5.73 Å². The standard InChI is InChI=1S/C23H28N6O3/c1-6-8-19(30)29(5)16(4)23(32)25-12-11-17-9-7-10-18(13-17)28-22-20(21(24)31)26-14(2)15(3)27-22/h7,9-10,13,16H,11-12H2,1-5H3,(H2,24,31)(H,25,32)(H,27,28)/t16-/m0/s1. The molecule has 32 heavy (non-hydrogen) atoms. The number of anilines is 2. The van der Waals surface area contributed by atoms with Crippen LogP contribution < -0.4 is 16.4 Å². The van der Waals surface area contributed by atoms with Crippen LogP contribution >= 0.6 is 0 Å². The Morgan fingerprint density at radius 3 is 2.53 bits per heavy atom. The van der Waals surface area contributed by atoms with E-state index in [-0.39, 0.29) is 11.6 Å². The van der Waals surface area contributed by atoms with Gasteiger partial charge in [-0.15, -0.1) is 0 Å². The van der Waals surface area contributed by atoms with Crippen molar-refractivity contribution in [1.82, 2.24) is 20.2 Å². The molecule has 0 aliphatic heterocycles. The predicted octanol–water partition coefficient (Wildman–Crippen LogP) is 1.46. The van der Waals surface area contributed by atoms with Crippen LogP contribution in [0, 0.1) is 25.7 Å². The van der Waals surface area contributed by atoms with Crippen LogP contribution in [0.5, 0.6) is 0 Å². The second-order valence-electron chi connectivity index (χ2n) is 7.29. The summed E-state index contributed by atoms with van der Waals surface area (Å²) < 4.78 is 0. The molecule has 0 saturated carbocycles. The minimum absolute atomic E-state index is 0.0752. The van der Waals surface area contributed by atoms with Gasteiger partial charge in [-0.1, -0.05) is 18.1 Å². The zero-order chi connectivity index (χ0) is 23.8. The maximum Gasteiger partial charge on any atom is 0.298 e. The number of nitrogens with one attached hydrogen (secondary N) is 2. The van der Waals surface area contributed by atoms with E-state index in [1.165, 1.54) is 4.90 Å². The predicted molar refractivity (Wildman–Crippen MR) is 122 cm³/mol. The summed E-state index contributed by atoms with van der Waals surface area (Å²) in [5, 5.41) is 5.93. The lowest BCUT2D eigenvalue weighted by atomic mass is 10.1. The van der Waals surface area contributed by atoms with E-state index in [0.717, 1.165) is 5.56 Å². The van der Waals surface area contributed by atoms with E-state index < -0.39 is 17.9 Å². The Morgan fingerprint density at radius 1 is 1.19 bits per heavy atom. The lowest BCUT2D eigenvalue weighted by Gasteiger charge is -2.22. The van der Waals surface area contributed by atoms with Gasteiger partial charge in [0.15, 0.2) is 11.5 Å². The van der Waals surface area contributed by atoms with E-state index >= 15 is 0 Å². The van der Waals surface area contributed by atoms with Crippen molar-refractivity contribution < 1.29 is 14.4 Å². The third-order valence-electron chi connectivity index (χ3n) is 4.96. The molecule has 1 aromatic heterocycles. The number of aromatic nitrogens is 2. The van der Waals surface area contributed by atoms with Gasteiger partial charge in [0.2, 0.25) is 5.91 Å². The Labute approximate surface area is 187 Å². The summed E-state index contributed by atoms with van der Waals surface area (Å²) in [4.78, 5) is 45.8. The number of amides is 3. The highest BCUT2D eigenvalue weighted by Gasteiger charge is 2.21. The maximum atomic E-state index is 12.3. The van der Waals surface area contributed by atoms with Crippen LogP contribution in [-0.2, 0) is 16.0 Å². The Kier molecular flexibility index (Phi) is 8.30. The van der Waals surface area contributed by atoms with E-state index in [9.17, 15) is 14.4 Å². The molecule has 0 aliphatic rings. The Balaban J connectivity index is 2.02. The highest BCUT2D eigenvalue weighted by Crippen LogP contribution is 2.20. The van der Waals surface area contributed by atoms with Gasteiger partial charge in [-0.25, -0.2) is 9.97 Å². The van der Waals surface area contributed by atoms with Gasteiger partial charge in [0.25, 0.3) is 11.8 Å². The van der Waals surface area contributed by atoms with Crippen LogP contribution in [0.3, 0.4) is 0 Å². The lowest BCUT2D eigenvalue weighted by Crippen LogP contribution is -2.46. The summed E-state index contributed by atoms with van der Waals surface area (Å²) in [6, 6.07) is 6.88. The van der Waals surface area contributed by atoms with Gasteiger partial charge in [-0.2, -0.15) is 0 Å². The lowest BCUT2D eigenvalue weighted by molar-refractivity contribution is -0.134. The summed E-state index contributed by atoms with van der Waals surface area (Å²) in [7, 11) is 1.54. The van der Waals surface area contributed by atoms with Crippen molar-refractivity contribution in [2.45, 2.75) is 40.2 Å². The molecule has 1 aromatic carbocycles. The first-order valence-electron chi connectivity index (χ1n) is 10.1. The summed E-state index contributed by atoms with van der Waals surface area (Å²) in [5.74, 6) is 3.92. The zero-order valence-electron chi connectivity index (χ0n) is 18.9. The maximum absolute atomic E-state index is 12.3. The SMILES string of the molecule is CC#CC(=O)N(C)[C@@H](C)C(=O)NCCc1cccc(Nc2nc(C)c(C)nc2C(N)=O)c1. The molecule has 2 aromatic rings. The van der Waals surface area contributed by atoms with Crippen LogP contribution in [0.2, 0.25) is 0 Å². The van der Waals surface area contributed by atoms with Crippen LogP contribution in [0.4, 0.5) is 11.5 Å². The van der Waals surface area contributed by atoms with Gasteiger partial charge in [0.1, 0.15) is 6.04 Å². The molecule has 2 rings (SSSR count). The average Bonchev–Trinajstić information content (AvgIpc) is 2.75. The minimum atomic E-state index is -0.663. The largest absolute Gasteiger partial charge is 0.364 e. The molecular weight excluding hydrogens is 408 g/mol. The van der Waals surface area contributed by atoms with E-state index in [1.807, 2.05) is 24.3 Å². The fourth-order valence-electron chi connectivity index (χ4n) is 2.83. The fraction of sp³-hybridized carbons (Fsp3) is 0.348. The molecule has 0 saturated heterocycles. The highest BCUT2D eigenvalue weighted by molar-refractivity contribution is 5.97. The molecule has 0 unspecified atom stereocenters. The van der Waals surface area contributed by atoms with Crippen molar-refractivity contribution in [1.29, 1.82) is 0 Å². The van der Waals surface area contributed by atoms with Crippen molar-refractivity contribution in [2.24, 2.45) is 5.73 Å². The topological polar surface area (TPSA) is 130 Å². The molecule has 0 bridgehead atoms. The molecule has 1 atom stereocenters. The number of hydrogen-bond donors (Lipinski definition) is 3. The van der Waals surface area contributed by atoms with Crippen molar-refractivity contribution in [2.75, 3.05) is 18.9 Å². The monoisotopic (exact) mass is 436 g/mol. The fourth-order valence-corrected chi connectivity index (χ4v) is 2.83. The minimum Gasteiger partial charge on any atom is -0.364 e. The van der Waals surface area contributed by atoms with E-state index in [1.54, 1.807) is 34.7 Å². The first-order valence-corrected chi connectivity index (χ1v) is 10.1. The number of rotatable bonds is 8. The van der Waals surface area contributed by atoms with Gasteiger partial charge in [0, 0.05) is 19.3 Å².